The molecule has 0 unspecified atom stereocenters. The number of carbonyl (C=O) groups excluding carboxylic acids is 2. The molecule has 3 heterocycles. The lowest BCUT2D eigenvalue weighted by molar-refractivity contribution is -0.130. The molecule has 12 heteroatoms. The number of hydrogen-bond acceptors (Lipinski definition) is 8. The number of ether oxygens (including phenoxy) is 1. The highest BCUT2D eigenvalue weighted by atomic mass is 32.2. The Balaban J connectivity index is 1.27. The predicted octanol–water partition coefficient (Wildman–Crippen LogP) is 6.02. The van der Waals surface area contributed by atoms with Crippen LogP contribution in [0.25, 0.3) is 5.69 Å². The van der Waals surface area contributed by atoms with Gasteiger partial charge < -0.3 is 14.5 Å². The standard InChI is InChI=1S/C34H31FN6O4S/c1-21-6-7-22(2)28(17-21)40-31(19-36-33(43)30-5-4-16-45-30)37-38-34(40)46-20-32(42)41-29(24-8-12-25(35)13-9-24)18-27(39-41)23-10-14-26(44-3)15-11-23/h4-17,29H,18-20H2,1-3H3,(H,36,43)/t29-/m1/s1. The maximum absolute atomic E-state index is 13.8. The van der Waals surface area contributed by atoms with Crippen molar-refractivity contribution in [1.29, 1.82) is 0 Å². The number of thioether (sulfide) groups is 1. The van der Waals surface area contributed by atoms with E-state index in [2.05, 4.69) is 15.5 Å². The summed E-state index contributed by atoms with van der Waals surface area (Å²) in [5.74, 6) is 0.437. The fourth-order valence-corrected chi connectivity index (χ4v) is 6.02. The molecule has 1 atom stereocenters. The lowest BCUT2D eigenvalue weighted by atomic mass is 9.98. The topological polar surface area (TPSA) is 115 Å². The fraction of sp³-hybridized carbons (Fsp3) is 0.206. The molecule has 0 radical (unpaired) electrons. The summed E-state index contributed by atoms with van der Waals surface area (Å²) in [6.45, 7) is 4.05. The average Bonchev–Trinajstić information content (AvgIpc) is 3.85. The van der Waals surface area contributed by atoms with E-state index >= 15 is 0 Å². The summed E-state index contributed by atoms with van der Waals surface area (Å²) in [5.41, 5.74) is 5.23. The molecule has 0 bridgehead atoms. The Labute approximate surface area is 269 Å². The maximum Gasteiger partial charge on any atom is 0.287 e. The Hall–Kier alpha value is -5.23. The molecule has 1 aliphatic rings. The summed E-state index contributed by atoms with van der Waals surface area (Å²) in [6.07, 6.45) is 1.90. The number of rotatable bonds is 10. The van der Waals surface area contributed by atoms with Gasteiger partial charge in [0.2, 0.25) is 0 Å². The number of halogens is 1. The van der Waals surface area contributed by atoms with E-state index < -0.39 is 6.04 Å². The van der Waals surface area contributed by atoms with Gasteiger partial charge in [-0.15, -0.1) is 10.2 Å². The molecule has 5 aromatic rings. The van der Waals surface area contributed by atoms with Crippen LogP contribution in [0, 0.1) is 19.7 Å². The highest BCUT2D eigenvalue weighted by molar-refractivity contribution is 7.99. The molecule has 0 aliphatic carbocycles. The van der Waals surface area contributed by atoms with Gasteiger partial charge in [0.05, 0.1) is 43.1 Å². The van der Waals surface area contributed by atoms with Crippen molar-refractivity contribution < 1.29 is 23.1 Å². The normalized spacial score (nSPS) is 14.3. The highest BCUT2D eigenvalue weighted by Gasteiger charge is 2.33. The first-order chi connectivity index (χ1) is 22.3. The van der Waals surface area contributed by atoms with Crippen molar-refractivity contribution in [2.45, 2.75) is 38.0 Å². The van der Waals surface area contributed by atoms with Gasteiger partial charge in [0, 0.05) is 6.42 Å². The number of methoxy groups -OCH3 is 1. The van der Waals surface area contributed by atoms with Crippen molar-refractivity contribution in [1.82, 2.24) is 25.1 Å². The lowest BCUT2D eigenvalue weighted by Crippen LogP contribution is -2.28. The van der Waals surface area contributed by atoms with Crippen LogP contribution in [0.2, 0.25) is 0 Å². The van der Waals surface area contributed by atoms with Crippen molar-refractivity contribution in [2.75, 3.05) is 12.9 Å². The number of aromatic nitrogens is 3. The van der Waals surface area contributed by atoms with Crippen LogP contribution in [0.5, 0.6) is 5.75 Å². The van der Waals surface area contributed by atoms with E-state index in [0.29, 0.717) is 17.4 Å². The quantitative estimate of drug-likeness (QED) is 0.186. The molecule has 2 amide bonds. The average molecular weight is 639 g/mol. The van der Waals surface area contributed by atoms with Crippen molar-refractivity contribution >= 4 is 29.3 Å². The van der Waals surface area contributed by atoms with Gasteiger partial charge in [-0.05, 0) is 90.7 Å². The van der Waals surface area contributed by atoms with Crippen molar-refractivity contribution in [3.63, 3.8) is 0 Å². The van der Waals surface area contributed by atoms with Crippen molar-refractivity contribution in [2.24, 2.45) is 5.10 Å². The summed E-state index contributed by atoms with van der Waals surface area (Å²) < 4.78 is 26.1. The molecule has 46 heavy (non-hydrogen) atoms. The maximum atomic E-state index is 13.8. The highest BCUT2D eigenvalue weighted by Crippen LogP contribution is 2.34. The first kappa shape index (κ1) is 30.8. The van der Waals surface area contributed by atoms with Gasteiger partial charge in [0.1, 0.15) is 11.6 Å². The summed E-state index contributed by atoms with van der Waals surface area (Å²) in [5, 5.41) is 18.3. The SMILES string of the molecule is COc1ccc(C2=NN(C(=O)CSc3nnc(CNC(=O)c4ccco4)n3-c3cc(C)ccc3C)[C@@H](c3ccc(F)cc3)C2)cc1. The zero-order valence-corrected chi connectivity index (χ0v) is 26.3. The molecule has 234 valence electrons. The minimum absolute atomic E-state index is 0.0127. The van der Waals surface area contributed by atoms with Crippen LogP contribution < -0.4 is 10.1 Å². The molecule has 0 saturated carbocycles. The van der Waals surface area contributed by atoms with E-state index in [-0.39, 0.29) is 35.7 Å². The summed E-state index contributed by atoms with van der Waals surface area (Å²) in [6, 6.07) is 22.5. The Morgan fingerprint density at radius 2 is 1.83 bits per heavy atom. The third-order valence-corrected chi connectivity index (χ3v) is 8.54. The second kappa shape index (κ2) is 13.4. The second-order valence-electron chi connectivity index (χ2n) is 10.8. The number of amides is 2. The Morgan fingerprint density at radius 1 is 1.04 bits per heavy atom. The number of nitrogens with one attached hydrogen (secondary N) is 1. The number of carbonyl (C=O) groups is 2. The molecule has 0 saturated heterocycles. The third-order valence-electron chi connectivity index (χ3n) is 7.63. The Bertz CT molecular complexity index is 1890. The van der Waals surface area contributed by atoms with Crippen LogP contribution in [-0.2, 0) is 11.3 Å². The lowest BCUT2D eigenvalue weighted by Gasteiger charge is -2.22. The molecule has 3 aromatic carbocycles. The molecule has 6 rings (SSSR count). The van der Waals surface area contributed by atoms with E-state index in [9.17, 15) is 14.0 Å². The Kier molecular flexibility index (Phi) is 8.97. The molecule has 0 spiro atoms. The number of hydrogen-bond donors (Lipinski definition) is 1. The number of aryl methyl sites for hydroxylation is 2. The molecule has 1 N–H and O–H groups in total. The van der Waals surface area contributed by atoms with E-state index in [4.69, 9.17) is 14.3 Å². The first-order valence-electron chi connectivity index (χ1n) is 14.6. The van der Waals surface area contributed by atoms with Gasteiger partial charge in [-0.3, -0.25) is 14.2 Å². The monoisotopic (exact) mass is 638 g/mol. The molecule has 0 fully saturated rings. The number of nitrogens with zero attached hydrogens (tertiary/aromatic N) is 5. The van der Waals surface area contributed by atoms with E-state index in [1.165, 1.54) is 35.2 Å². The van der Waals surface area contributed by atoms with Gasteiger partial charge >= 0.3 is 0 Å². The zero-order valence-electron chi connectivity index (χ0n) is 25.4. The smallest absolute Gasteiger partial charge is 0.287 e. The van der Waals surface area contributed by atoms with Crippen LogP contribution in [0.15, 0.2) is 99.8 Å². The Morgan fingerprint density at radius 3 is 2.54 bits per heavy atom. The van der Waals surface area contributed by atoms with Crippen molar-refractivity contribution in [3.8, 4) is 11.4 Å². The zero-order chi connectivity index (χ0) is 32.2. The third kappa shape index (κ3) is 6.57. The van der Waals surface area contributed by atoms with Gasteiger partial charge in [-0.2, -0.15) is 5.10 Å². The van der Waals surface area contributed by atoms with Crippen LogP contribution in [0.3, 0.4) is 0 Å². The number of benzene rings is 3. The van der Waals surface area contributed by atoms with Gasteiger partial charge in [-0.25, -0.2) is 9.40 Å². The summed E-state index contributed by atoms with van der Waals surface area (Å²) in [4.78, 5) is 26.4. The van der Waals surface area contributed by atoms with Crippen LogP contribution in [0.1, 0.15) is 51.1 Å². The van der Waals surface area contributed by atoms with Crippen molar-refractivity contribution in [3.05, 3.63) is 125 Å². The number of hydrazone groups is 1. The van der Waals surface area contributed by atoms with E-state index in [1.807, 2.05) is 60.9 Å². The first-order valence-corrected chi connectivity index (χ1v) is 15.5. The molecular weight excluding hydrogens is 607 g/mol. The summed E-state index contributed by atoms with van der Waals surface area (Å²) >= 11 is 1.23. The van der Waals surface area contributed by atoms with Gasteiger partial charge in [0.25, 0.3) is 11.8 Å². The minimum atomic E-state index is -0.407. The summed E-state index contributed by atoms with van der Waals surface area (Å²) in [7, 11) is 1.60. The van der Waals surface area contributed by atoms with Gasteiger partial charge in [-0.1, -0.05) is 36.0 Å². The molecule has 1 aliphatic heterocycles. The number of furan rings is 1. The van der Waals surface area contributed by atoms with Crippen LogP contribution >= 0.6 is 11.8 Å². The van der Waals surface area contributed by atoms with Crippen LogP contribution in [-0.4, -0.2) is 50.2 Å². The fourth-order valence-electron chi connectivity index (χ4n) is 5.20. The molecular formula is C34H31FN6O4S. The minimum Gasteiger partial charge on any atom is -0.497 e. The van der Waals surface area contributed by atoms with E-state index in [0.717, 1.165) is 39.4 Å². The van der Waals surface area contributed by atoms with Crippen LogP contribution in [0.4, 0.5) is 4.39 Å². The van der Waals surface area contributed by atoms with Gasteiger partial charge in [0.15, 0.2) is 16.7 Å². The van der Waals surface area contributed by atoms with E-state index in [1.54, 1.807) is 31.4 Å². The molecule has 10 nitrogen and oxygen atoms in total. The second-order valence-corrected chi connectivity index (χ2v) is 11.7. The molecule has 2 aromatic heterocycles. The largest absolute Gasteiger partial charge is 0.497 e. The predicted molar refractivity (Wildman–Crippen MR) is 172 cm³/mol.